The van der Waals surface area contributed by atoms with Gasteiger partial charge in [0.15, 0.2) is 0 Å². The quantitative estimate of drug-likeness (QED) is 0.544. The molecule has 3 aromatic rings. The largest absolute Gasteiger partial charge is 0.508 e. The van der Waals surface area contributed by atoms with Gasteiger partial charge in [-0.2, -0.15) is 4.98 Å². The maximum atomic E-state index is 11.7. The second-order valence-electron chi connectivity index (χ2n) is 5.83. The second-order valence-corrected chi connectivity index (χ2v) is 5.83. The van der Waals surface area contributed by atoms with Gasteiger partial charge in [0.05, 0.1) is 0 Å². The van der Waals surface area contributed by atoms with Gasteiger partial charge in [0.2, 0.25) is 5.95 Å². The Kier molecular flexibility index (Phi) is 4.98. The molecule has 2 aromatic carbocycles. The number of aromatic nitrogens is 2. The van der Waals surface area contributed by atoms with E-state index >= 15 is 0 Å². The minimum atomic E-state index is -0.606. The number of nitrogens with two attached hydrogens (primary N) is 1. The number of aromatic hydroxyl groups is 1. The number of carbonyl (C=O) groups excluding carboxylic acids is 1. The summed E-state index contributed by atoms with van der Waals surface area (Å²) in [5, 5.41) is 15.5. The first-order chi connectivity index (χ1) is 12.5. The van der Waals surface area contributed by atoms with Gasteiger partial charge in [-0.05, 0) is 42.3 Å². The van der Waals surface area contributed by atoms with Crippen LogP contribution in [-0.2, 0) is 6.54 Å². The number of rotatable bonds is 6. The van der Waals surface area contributed by atoms with E-state index in [1.54, 1.807) is 24.3 Å². The highest BCUT2D eigenvalue weighted by Crippen LogP contribution is 2.20. The van der Waals surface area contributed by atoms with Crippen molar-refractivity contribution in [1.82, 2.24) is 9.97 Å². The summed E-state index contributed by atoms with van der Waals surface area (Å²) in [4.78, 5) is 20.2. The fourth-order valence-corrected chi connectivity index (χ4v) is 2.40. The van der Waals surface area contributed by atoms with Gasteiger partial charge in [-0.25, -0.2) is 4.98 Å². The number of anilines is 3. The summed E-state index contributed by atoms with van der Waals surface area (Å²) in [6, 6.07) is 14.5. The lowest BCUT2D eigenvalue weighted by Crippen LogP contribution is -2.16. The molecule has 7 nitrogen and oxygen atoms in total. The van der Waals surface area contributed by atoms with E-state index in [9.17, 15) is 9.90 Å². The first-order valence-electron chi connectivity index (χ1n) is 8.03. The molecule has 0 unspecified atom stereocenters. The lowest BCUT2D eigenvalue weighted by atomic mass is 10.2. The Hall–Kier alpha value is -3.61. The Balaban J connectivity index is 1.81. The van der Waals surface area contributed by atoms with Crippen LogP contribution < -0.4 is 16.4 Å². The molecule has 0 saturated heterocycles. The maximum absolute atomic E-state index is 11.7. The zero-order valence-electron chi connectivity index (χ0n) is 14.2. The average Bonchev–Trinajstić information content (AvgIpc) is 2.61. The predicted molar refractivity (Wildman–Crippen MR) is 100 cm³/mol. The summed E-state index contributed by atoms with van der Waals surface area (Å²) in [5.74, 6) is 0.301. The van der Waals surface area contributed by atoms with E-state index in [0.29, 0.717) is 18.3 Å². The van der Waals surface area contributed by atoms with Gasteiger partial charge in [0.1, 0.15) is 17.1 Å². The number of hydrogen-bond acceptors (Lipinski definition) is 6. The van der Waals surface area contributed by atoms with E-state index in [0.717, 1.165) is 16.8 Å². The van der Waals surface area contributed by atoms with Crippen molar-refractivity contribution in [1.29, 1.82) is 0 Å². The van der Waals surface area contributed by atoms with Gasteiger partial charge in [0.25, 0.3) is 5.91 Å². The zero-order valence-corrected chi connectivity index (χ0v) is 14.2. The number of hydrogen-bond donors (Lipinski definition) is 4. The second kappa shape index (κ2) is 7.52. The van der Waals surface area contributed by atoms with Gasteiger partial charge < -0.3 is 21.5 Å². The molecule has 5 N–H and O–H groups in total. The Bertz CT molecular complexity index is 925. The van der Waals surface area contributed by atoms with E-state index < -0.39 is 5.91 Å². The molecule has 0 aliphatic heterocycles. The molecule has 0 aliphatic rings. The number of nitrogens with zero attached hydrogens (tertiary/aromatic N) is 2. The molecule has 1 amide bonds. The van der Waals surface area contributed by atoms with Gasteiger partial charge in [-0.1, -0.05) is 24.3 Å². The average molecular weight is 349 g/mol. The zero-order chi connectivity index (χ0) is 18.5. The van der Waals surface area contributed by atoms with Crippen LogP contribution in [0.4, 0.5) is 17.5 Å². The van der Waals surface area contributed by atoms with Gasteiger partial charge in [0, 0.05) is 18.4 Å². The van der Waals surface area contributed by atoms with Crippen LogP contribution in [0, 0.1) is 6.92 Å². The Morgan fingerprint density at radius 3 is 2.65 bits per heavy atom. The molecule has 0 saturated carbocycles. The molecule has 0 spiro atoms. The molecule has 0 bridgehead atoms. The molecule has 26 heavy (non-hydrogen) atoms. The van der Waals surface area contributed by atoms with Crippen molar-refractivity contribution in [2.24, 2.45) is 5.73 Å². The number of phenols is 1. The van der Waals surface area contributed by atoms with Crippen molar-refractivity contribution in [2.45, 2.75) is 13.5 Å². The van der Waals surface area contributed by atoms with E-state index in [2.05, 4.69) is 20.6 Å². The Morgan fingerprint density at radius 2 is 1.96 bits per heavy atom. The number of carbonyl (C=O) groups is 1. The molecule has 1 aromatic heterocycles. The fourth-order valence-electron chi connectivity index (χ4n) is 2.40. The number of nitrogens with one attached hydrogen (secondary N) is 2. The third-order valence-corrected chi connectivity index (χ3v) is 3.72. The third-order valence-electron chi connectivity index (χ3n) is 3.72. The molecule has 3 rings (SSSR count). The topological polar surface area (TPSA) is 113 Å². The Labute approximate surface area is 150 Å². The summed E-state index contributed by atoms with van der Waals surface area (Å²) in [6.45, 7) is 2.45. The third kappa shape index (κ3) is 4.27. The van der Waals surface area contributed by atoms with Crippen molar-refractivity contribution in [3.05, 3.63) is 71.4 Å². The molecular formula is C19H19N5O2. The first kappa shape index (κ1) is 17.2. The summed E-state index contributed by atoms with van der Waals surface area (Å²) >= 11 is 0. The van der Waals surface area contributed by atoms with Crippen LogP contribution in [0.25, 0.3) is 0 Å². The first-order valence-corrected chi connectivity index (χ1v) is 8.03. The van der Waals surface area contributed by atoms with Gasteiger partial charge in [-0.15, -0.1) is 0 Å². The van der Waals surface area contributed by atoms with Crippen molar-refractivity contribution in [3.8, 4) is 5.75 Å². The van der Waals surface area contributed by atoms with Crippen molar-refractivity contribution in [2.75, 3.05) is 10.6 Å². The van der Waals surface area contributed by atoms with Crippen molar-refractivity contribution < 1.29 is 9.90 Å². The number of phenolic OH excluding ortho intramolecular Hbond substituents is 1. The number of benzene rings is 2. The molecule has 1 heterocycles. The summed E-state index contributed by atoms with van der Waals surface area (Å²) in [7, 11) is 0. The summed E-state index contributed by atoms with van der Waals surface area (Å²) < 4.78 is 0. The van der Waals surface area contributed by atoms with Crippen LogP contribution in [0.3, 0.4) is 0 Å². The molecule has 0 radical (unpaired) electrons. The van der Waals surface area contributed by atoms with E-state index in [-0.39, 0.29) is 11.3 Å². The molecule has 0 fully saturated rings. The van der Waals surface area contributed by atoms with Crippen LogP contribution in [0.5, 0.6) is 5.75 Å². The highest BCUT2D eigenvalue weighted by atomic mass is 16.3. The number of aryl methyl sites for hydroxylation is 1. The highest BCUT2D eigenvalue weighted by molar-refractivity contribution is 5.98. The molecule has 0 atom stereocenters. The van der Waals surface area contributed by atoms with Crippen LogP contribution in [-0.4, -0.2) is 21.0 Å². The van der Waals surface area contributed by atoms with E-state index in [1.165, 1.54) is 6.20 Å². The molecule has 0 aliphatic carbocycles. The predicted octanol–water partition coefficient (Wildman–Crippen LogP) is 2.95. The smallest absolute Gasteiger partial charge is 0.254 e. The molecule has 7 heteroatoms. The fraction of sp³-hybridized carbons (Fsp3) is 0.105. The summed E-state index contributed by atoms with van der Waals surface area (Å²) in [5.41, 5.74) is 8.47. The number of amides is 1. The van der Waals surface area contributed by atoms with E-state index in [1.807, 2.05) is 31.2 Å². The van der Waals surface area contributed by atoms with E-state index in [4.69, 9.17) is 5.73 Å². The lowest BCUT2D eigenvalue weighted by molar-refractivity contribution is 0.100. The minimum absolute atomic E-state index is 0.209. The van der Waals surface area contributed by atoms with Crippen LogP contribution in [0.15, 0.2) is 54.7 Å². The van der Waals surface area contributed by atoms with Crippen LogP contribution in [0.2, 0.25) is 0 Å². The highest BCUT2D eigenvalue weighted by Gasteiger charge is 2.12. The van der Waals surface area contributed by atoms with Crippen molar-refractivity contribution in [3.63, 3.8) is 0 Å². The SMILES string of the molecule is Cc1cccc(Nc2nc(NCc3ccc(O)cc3)ncc2C(N)=O)c1. The number of primary amides is 1. The maximum Gasteiger partial charge on any atom is 0.254 e. The van der Waals surface area contributed by atoms with Crippen LogP contribution >= 0.6 is 0 Å². The molecule has 132 valence electrons. The normalized spacial score (nSPS) is 10.3. The monoisotopic (exact) mass is 349 g/mol. The minimum Gasteiger partial charge on any atom is -0.508 e. The summed E-state index contributed by atoms with van der Waals surface area (Å²) in [6.07, 6.45) is 1.40. The Morgan fingerprint density at radius 1 is 1.19 bits per heavy atom. The lowest BCUT2D eigenvalue weighted by Gasteiger charge is -2.12. The van der Waals surface area contributed by atoms with Crippen LogP contribution in [0.1, 0.15) is 21.5 Å². The molecular weight excluding hydrogens is 330 g/mol. The van der Waals surface area contributed by atoms with Crippen molar-refractivity contribution >= 4 is 23.4 Å². The van der Waals surface area contributed by atoms with Gasteiger partial charge >= 0.3 is 0 Å². The van der Waals surface area contributed by atoms with Gasteiger partial charge in [-0.3, -0.25) is 4.79 Å². The standard InChI is InChI=1S/C19H19N5O2/c1-12-3-2-4-14(9-12)23-18-16(17(20)26)11-22-19(24-18)21-10-13-5-7-15(25)8-6-13/h2-9,11,25H,10H2,1H3,(H2,20,26)(H2,21,22,23,24).